The molecule has 1 rings (SSSR count). The van der Waals surface area contributed by atoms with E-state index >= 15 is 0 Å². The van der Waals surface area contributed by atoms with Crippen molar-refractivity contribution in [1.29, 1.82) is 0 Å². The lowest BCUT2D eigenvalue weighted by atomic mass is 9.99. The number of aliphatic carboxylic acids is 1. The lowest BCUT2D eigenvalue weighted by molar-refractivity contribution is -0.140. The molecule has 2 N–H and O–H groups in total. The van der Waals surface area contributed by atoms with Crippen molar-refractivity contribution in [3.63, 3.8) is 0 Å². The summed E-state index contributed by atoms with van der Waals surface area (Å²) in [6.07, 6.45) is 0.601. The molecule has 2 unspecified atom stereocenters. The summed E-state index contributed by atoms with van der Waals surface area (Å²) in [7, 11) is 0. The van der Waals surface area contributed by atoms with Gasteiger partial charge in [0.25, 0.3) is 5.91 Å². The van der Waals surface area contributed by atoms with Gasteiger partial charge in [0.2, 0.25) is 5.88 Å². The quantitative estimate of drug-likeness (QED) is 0.804. The SMILES string of the molecule is CCC(C)C(NC(=O)c1cccc(OC(C)C)n1)C(=O)O. The summed E-state index contributed by atoms with van der Waals surface area (Å²) in [4.78, 5) is 27.4. The van der Waals surface area contributed by atoms with Crippen LogP contribution >= 0.6 is 0 Å². The molecule has 2 atom stereocenters. The summed E-state index contributed by atoms with van der Waals surface area (Å²) < 4.78 is 5.42. The Hall–Kier alpha value is -2.11. The molecular weight excluding hydrogens is 272 g/mol. The molecule has 1 aromatic heterocycles. The standard InChI is InChI=1S/C15H22N2O4/c1-5-10(4)13(15(19)20)17-14(18)11-7-6-8-12(16-11)21-9(2)3/h6-10,13H,5H2,1-4H3,(H,17,18)(H,19,20). The van der Waals surface area contributed by atoms with Crippen LogP contribution in [0.2, 0.25) is 0 Å². The fourth-order valence-electron chi connectivity index (χ4n) is 1.75. The number of hydrogen-bond acceptors (Lipinski definition) is 4. The van der Waals surface area contributed by atoms with Crippen LogP contribution in [-0.4, -0.2) is 34.1 Å². The fourth-order valence-corrected chi connectivity index (χ4v) is 1.75. The van der Waals surface area contributed by atoms with Crippen molar-refractivity contribution in [2.45, 2.75) is 46.3 Å². The molecule has 1 aromatic rings. The Morgan fingerprint density at radius 1 is 1.33 bits per heavy atom. The van der Waals surface area contributed by atoms with Crippen molar-refractivity contribution in [2.24, 2.45) is 5.92 Å². The van der Waals surface area contributed by atoms with E-state index in [1.165, 1.54) is 6.07 Å². The van der Waals surface area contributed by atoms with Crippen molar-refractivity contribution >= 4 is 11.9 Å². The smallest absolute Gasteiger partial charge is 0.326 e. The molecule has 0 aliphatic rings. The third-order valence-electron chi connectivity index (χ3n) is 3.08. The van der Waals surface area contributed by atoms with Crippen LogP contribution in [0.25, 0.3) is 0 Å². The van der Waals surface area contributed by atoms with Gasteiger partial charge in [-0.2, -0.15) is 0 Å². The van der Waals surface area contributed by atoms with E-state index < -0.39 is 17.9 Å². The average molecular weight is 294 g/mol. The Kier molecular flexibility index (Phi) is 6.14. The zero-order chi connectivity index (χ0) is 16.0. The maximum absolute atomic E-state index is 12.1. The van der Waals surface area contributed by atoms with Crippen molar-refractivity contribution in [3.05, 3.63) is 23.9 Å². The first-order valence-corrected chi connectivity index (χ1v) is 7.02. The first-order chi connectivity index (χ1) is 9.85. The van der Waals surface area contributed by atoms with Gasteiger partial charge in [-0.25, -0.2) is 9.78 Å². The summed E-state index contributed by atoms with van der Waals surface area (Å²) in [5.74, 6) is -1.39. The van der Waals surface area contributed by atoms with E-state index in [1.807, 2.05) is 20.8 Å². The molecule has 0 saturated heterocycles. The van der Waals surface area contributed by atoms with E-state index in [2.05, 4.69) is 10.3 Å². The van der Waals surface area contributed by atoms with E-state index in [0.717, 1.165) is 0 Å². The number of carbonyl (C=O) groups excluding carboxylic acids is 1. The van der Waals surface area contributed by atoms with E-state index in [9.17, 15) is 14.7 Å². The Balaban J connectivity index is 2.85. The summed E-state index contributed by atoms with van der Waals surface area (Å²) in [6, 6.07) is 3.90. The second-order valence-electron chi connectivity index (χ2n) is 5.20. The minimum atomic E-state index is -1.05. The number of carboxylic acids is 1. The number of nitrogens with one attached hydrogen (secondary N) is 1. The number of rotatable bonds is 7. The number of ether oxygens (including phenoxy) is 1. The van der Waals surface area contributed by atoms with Crippen molar-refractivity contribution in [2.75, 3.05) is 0 Å². The molecular formula is C15H22N2O4. The van der Waals surface area contributed by atoms with Crippen molar-refractivity contribution < 1.29 is 19.4 Å². The van der Waals surface area contributed by atoms with E-state index in [-0.39, 0.29) is 17.7 Å². The number of carbonyl (C=O) groups is 2. The summed E-state index contributed by atoms with van der Waals surface area (Å²) in [6.45, 7) is 7.38. The van der Waals surface area contributed by atoms with Crippen molar-refractivity contribution in [3.8, 4) is 5.88 Å². The Morgan fingerprint density at radius 2 is 2.00 bits per heavy atom. The Labute approximate surface area is 124 Å². The first-order valence-electron chi connectivity index (χ1n) is 7.02. The lowest BCUT2D eigenvalue weighted by Crippen LogP contribution is -2.45. The topological polar surface area (TPSA) is 88.5 Å². The van der Waals surface area contributed by atoms with Crippen LogP contribution in [0, 0.1) is 5.92 Å². The lowest BCUT2D eigenvalue weighted by Gasteiger charge is -2.20. The molecule has 0 aliphatic heterocycles. The fraction of sp³-hybridized carbons (Fsp3) is 0.533. The highest BCUT2D eigenvalue weighted by atomic mass is 16.5. The van der Waals surface area contributed by atoms with Crippen LogP contribution < -0.4 is 10.1 Å². The highest BCUT2D eigenvalue weighted by Crippen LogP contribution is 2.12. The Bertz CT molecular complexity index is 502. The monoisotopic (exact) mass is 294 g/mol. The number of hydrogen-bond donors (Lipinski definition) is 2. The molecule has 0 bridgehead atoms. The van der Waals surface area contributed by atoms with E-state index in [0.29, 0.717) is 12.3 Å². The molecule has 0 aliphatic carbocycles. The van der Waals surface area contributed by atoms with Gasteiger partial charge in [0.05, 0.1) is 6.10 Å². The highest BCUT2D eigenvalue weighted by Gasteiger charge is 2.26. The number of pyridine rings is 1. The van der Waals surface area contributed by atoms with Gasteiger partial charge in [-0.1, -0.05) is 26.3 Å². The third kappa shape index (κ3) is 5.06. The summed E-state index contributed by atoms with van der Waals surface area (Å²) >= 11 is 0. The normalized spacial score (nSPS) is 13.6. The molecule has 6 heteroatoms. The van der Waals surface area contributed by atoms with Crippen LogP contribution in [-0.2, 0) is 4.79 Å². The van der Waals surface area contributed by atoms with Gasteiger partial charge in [0.1, 0.15) is 11.7 Å². The molecule has 0 radical (unpaired) electrons. The minimum Gasteiger partial charge on any atom is -0.480 e. The zero-order valence-electron chi connectivity index (χ0n) is 12.8. The molecule has 0 aromatic carbocycles. The van der Waals surface area contributed by atoms with Gasteiger partial charge in [-0.3, -0.25) is 4.79 Å². The largest absolute Gasteiger partial charge is 0.480 e. The van der Waals surface area contributed by atoms with Crippen LogP contribution in [0.4, 0.5) is 0 Å². The molecule has 6 nitrogen and oxygen atoms in total. The van der Waals surface area contributed by atoms with Gasteiger partial charge >= 0.3 is 5.97 Å². The molecule has 21 heavy (non-hydrogen) atoms. The number of nitrogens with zero attached hydrogens (tertiary/aromatic N) is 1. The molecule has 0 saturated carbocycles. The molecule has 1 heterocycles. The average Bonchev–Trinajstić information content (AvgIpc) is 2.42. The van der Waals surface area contributed by atoms with Crippen LogP contribution in [0.15, 0.2) is 18.2 Å². The number of aromatic nitrogens is 1. The zero-order valence-corrected chi connectivity index (χ0v) is 12.8. The molecule has 0 spiro atoms. The second-order valence-corrected chi connectivity index (χ2v) is 5.20. The van der Waals surface area contributed by atoms with Gasteiger partial charge in [-0.15, -0.1) is 0 Å². The first kappa shape index (κ1) is 16.9. The summed E-state index contributed by atoms with van der Waals surface area (Å²) in [5, 5.41) is 11.7. The summed E-state index contributed by atoms with van der Waals surface area (Å²) in [5.41, 5.74) is 0.141. The van der Waals surface area contributed by atoms with E-state index in [1.54, 1.807) is 19.1 Å². The van der Waals surface area contributed by atoms with Gasteiger partial charge in [0.15, 0.2) is 0 Å². The van der Waals surface area contributed by atoms with Crippen LogP contribution in [0.5, 0.6) is 5.88 Å². The minimum absolute atomic E-state index is 0.0531. The van der Waals surface area contributed by atoms with Crippen molar-refractivity contribution in [1.82, 2.24) is 10.3 Å². The van der Waals surface area contributed by atoms with Crippen LogP contribution in [0.3, 0.4) is 0 Å². The highest BCUT2D eigenvalue weighted by molar-refractivity contribution is 5.95. The van der Waals surface area contributed by atoms with Crippen LogP contribution in [0.1, 0.15) is 44.6 Å². The third-order valence-corrected chi connectivity index (χ3v) is 3.08. The maximum Gasteiger partial charge on any atom is 0.326 e. The molecule has 0 fully saturated rings. The molecule has 1 amide bonds. The number of carboxylic acid groups (broad SMARTS) is 1. The Morgan fingerprint density at radius 3 is 2.52 bits per heavy atom. The van der Waals surface area contributed by atoms with Gasteiger partial charge < -0.3 is 15.2 Å². The predicted molar refractivity (Wildman–Crippen MR) is 78.3 cm³/mol. The van der Waals surface area contributed by atoms with E-state index in [4.69, 9.17) is 4.74 Å². The second kappa shape index (κ2) is 7.61. The maximum atomic E-state index is 12.1. The molecule has 116 valence electrons. The van der Waals surface area contributed by atoms with Gasteiger partial charge in [-0.05, 0) is 25.8 Å². The number of amides is 1. The predicted octanol–water partition coefficient (Wildman–Crippen LogP) is 2.10. The van der Waals surface area contributed by atoms with Gasteiger partial charge in [0, 0.05) is 6.07 Å².